The molecule has 0 aromatic heterocycles. The van der Waals surface area contributed by atoms with E-state index in [0.29, 0.717) is 22.2 Å². The number of rotatable bonds is 6. The van der Waals surface area contributed by atoms with Gasteiger partial charge in [0.05, 0.1) is 10.6 Å². The van der Waals surface area contributed by atoms with Crippen LogP contribution in [0.3, 0.4) is 0 Å². The minimum atomic E-state index is -3.79. The van der Waals surface area contributed by atoms with Gasteiger partial charge in [-0.3, -0.25) is 0 Å². The Hall–Kier alpha value is -2.05. The highest BCUT2D eigenvalue weighted by Gasteiger charge is 2.14. The van der Waals surface area contributed by atoms with Crippen molar-refractivity contribution in [2.75, 3.05) is 0 Å². The van der Waals surface area contributed by atoms with Crippen LogP contribution in [0, 0.1) is 0 Å². The Labute approximate surface area is 153 Å². The minimum absolute atomic E-state index is 0.0252. The average molecular weight is 381 g/mol. The van der Waals surface area contributed by atoms with Crippen molar-refractivity contribution in [1.29, 1.82) is 0 Å². The summed E-state index contributed by atoms with van der Waals surface area (Å²) in [7, 11) is -3.79. The summed E-state index contributed by atoms with van der Waals surface area (Å²) in [6.45, 7) is 5.76. The number of nitrogens with one attached hydrogen (secondary N) is 1. The number of hydrazone groups is 1. The van der Waals surface area contributed by atoms with Gasteiger partial charge in [0.2, 0.25) is 0 Å². The third kappa shape index (κ3) is 4.74. The SMILES string of the molecule is CCC(C)c1ccc(S(=O)(=O)NN=C(C)c2cc(Cl)ccc2O)cc1. The average Bonchev–Trinajstić information content (AvgIpc) is 2.61. The van der Waals surface area contributed by atoms with Gasteiger partial charge in [0.15, 0.2) is 0 Å². The van der Waals surface area contributed by atoms with Gasteiger partial charge >= 0.3 is 0 Å². The molecule has 1 atom stereocenters. The maximum atomic E-state index is 12.4. The summed E-state index contributed by atoms with van der Waals surface area (Å²) in [6, 6.07) is 11.2. The lowest BCUT2D eigenvalue weighted by Gasteiger charge is -2.10. The molecule has 2 aromatic carbocycles. The molecule has 0 aliphatic carbocycles. The van der Waals surface area contributed by atoms with Crippen LogP contribution in [0.4, 0.5) is 0 Å². The molecule has 134 valence electrons. The molecule has 0 radical (unpaired) electrons. The van der Waals surface area contributed by atoms with E-state index in [1.54, 1.807) is 19.1 Å². The number of hydrogen-bond acceptors (Lipinski definition) is 4. The van der Waals surface area contributed by atoms with Crippen molar-refractivity contribution >= 4 is 27.3 Å². The molecule has 0 heterocycles. The molecule has 0 saturated heterocycles. The van der Waals surface area contributed by atoms with E-state index < -0.39 is 10.0 Å². The van der Waals surface area contributed by atoms with Crippen LogP contribution in [0.15, 0.2) is 52.5 Å². The van der Waals surface area contributed by atoms with Crippen LogP contribution in [0.5, 0.6) is 5.75 Å². The minimum Gasteiger partial charge on any atom is -0.507 e. The predicted octanol–water partition coefficient (Wildman–Crippen LogP) is 4.26. The molecule has 1 unspecified atom stereocenters. The standard InChI is InChI=1S/C18H21ClN2O3S/c1-4-12(2)14-5-8-16(9-6-14)25(23,24)21-20-13(3)17-11-15(19)7-10-18(17)22/h5-12,21-22H,4H2,1-3H3. The molecule has 2 aromatic rings. The van der Waals surface area contributed by atoms with Crippen LogP contribution in [-0.2, 0) is 10.0 Å². The van der Waals surface area contributed by atoms with Crippen LogP contribution in [0.25, 0.3) is 0 Å². The van der Waals surface area contributed by atoms with Crippen molar-refractivity contribution in [3.63, 3.8) is 0 Å². The van der Waals surface area contributed by atoms with Crippen LogP contribution in [-0.4, -0.2) is 19.2 Å². The number of phenolic OH excluding ortho intramolecular Hbond substituents is 1. The number of phenols is 1. The fourth-order valence-corrected chi connectivity index (χ4v) is 3.28. The van der Waals surface area contributed by atoms with Crippen LogP contribution in [0.2, 0.25) is 5.02 Å². The van der Waals surface area contributed by atoms with Gasteiger partial charge in [-0.05, 0) is 55.2 Å². The summed E-state index contributed by atoms with van der Waals surface area (Å²) in [4.78, 5) is 2.32. The number of sulfonamides is 1. The topological polar surface area (TPSA) is 78.8 Å². The summed E-state index contributed by atoms with van der Waals surface area (Å²) < 4.78 is 24.7. The van der Waals surface area contributed by atoms with Crippen LogP contribution < -0.4 is 4.83 Å². The first-order valence-electron chi connectivity index (χ1n) is 7.89. The molecular formula is C18H21ClN2O3S. The van der Waals surface area contributed by atoms with Gasteiger partial charge < -0.3 is 5.11 Å². The van der Waals surface area contributed by atoms with Crippen LogP contribution >= 0.6 is 11.6 Å². The van der Waals surface area contributed by atoms with Crippen LogP contribution in [0.1, 0.15) is 44.2 Å². The van der Waals surface area contributed by atoms with E-state index in [0.717, 1.165) is 12.0 Å². The first-order valence-corrected chi connectivity index (χ1v) is 9.75. The van der Waals surface area contributed by atoms with E-state index in [-0.39, 0.29) is 10.6 Å². The fraction of sp³-hybridized carbons (Fsp3) is 0.278. The lowest BCUT2D eigenvalue weighted by atomic mass is 9.99. The van der Waals surface area contributed by atoms with Crippen molar-refractivity contribution in [3.05, 3.63) is 58.6 Å². The van der Waals surface area contributed by atoms with Crippen molar-refractivity contribution < 1.29 is 13.5 Å². The zero-order valence-electron chi connectivity index (χ0n) is 14.3. The summed E-state index contributed by atoms with van der Waals surface area (Å²) in [5.41, 5.74) is 1.76. The molecule has 2 N–H and O–H groups in total. The fourth-order valence-electron chi connectivity index (χ4n) is 2.25. The van der Waals surface area contributed by atoms with Crippen molar-refractivity contribution in [1.82, 2.24) is 4.83 Å². The van der Waals surface area contributed by atoms with E-state index in [1.165, 1.54) is 18.2 Å². The largest absolute Gasteiger partial charge is 0.507 e. The van der Waals surface area contributed by atoms with E-state index in [2.05, 4.69) is 23.8 Å². The first kappa shape index (κ1) is 19.3. The number of aromatic hydroxyl groups is 1. The quantitative estimate of drug-likeness (QED) is 0.580. The van der Waals surface area contributed by atoms with Gasteiger partial charge in [-0.15, -0.1) is 0 Å². The Kier molecular flexibility index (Phi) is 6.08. The lowest BCUT2D eigenvalue weighted by molar-refractivity contribution is 0.474. The van der Waals surface area contributed by atoms with Crippen molar-refractivity contribution in [2.24, 2.45) is 5.10 Å². The smallest absolute Gasteiger partial charge is 0.276 e. The second-order valence-electron chi connectivity index (χ2n) is 5.83. The monoisotopic (exact) mass is 380 g/mol. The second kappa shape index (κ2) is 7.89. The van der Waals surface area contributed by atoms with Gasteiger partial charge in [0, 0.05) is 10.6 Å². The molecule has 0 spiro atoms. The third-order valence-corrected chi connectivity index (χ3v) is 5.51. The Morgan fingerprint density at radius 2 is 1.88 bits per heavy atom. The molecular weight excluding hydrogens is 360 g/mol. The van der Waals surface area contributed by atoms with E-state index in [1.807, 2.05) is 12.1 Å². The lowest BCUT2D eigenvalue weighted by Crippen LogP contribution is -2.20. The second-order valence-corrected chi connectivity index (χ2v) is 7.93. The molecule has 0 bridgehead atoms. The highest BCUT2D eigenvalue weighted by atomic mass is 35.5. The summed E-state index contributed by atoms with van der Waals surface area (Å²) in [5.74, 6) is 0.346. The molecule has 0 aliphatic rings. The van der Waals surface area contributed by atoms with Crippen molar-refractivity contribution in [2.45, 2.75) is 38.0 Å². The zero-order chi connectivity index (χ0) is 18.6. The Morgan fingerprint density at radius 3 is 2.48 bits per heavy atom. The zero-order valence-corrected chi connectivity index (χ0v) is 15.9. The molecule has 0 saturated carbocycles. The highest BCUT2D eigenvalue weighted by molar-refractivity contribution is 7.89. The summed E-state index contributed by atoms with van der Waals surface area (Å²) >= 11 is 5.89. The van der Waals surface area contributed by atoms with E-state index in [9.17, 15) is 13.5 Å². The van der Waals surface area contributed by atoms with E-state index >= 15 is 0 Å². The molecule has 25 heavy (non-hydrogen) atoms. The molecule has 0 aliphatic heterocycles. The molecule has 0 amide bonds. The summed E-state index contributed by atoms with van der Waals surface area (Å²) in [6.07, 6.45) is 0.983. The van der Waals surface area contributed by atoms with Crippen molar-refractivity contribution in [3.8, 4) is 5.75 Å². The molecule has 0 fully saturated rings. The number of benzene rings is 2. The number of hydrogen-bond donors (Lipinski definition) is 2. The highest BCUT2D eigenvalue weighted by Crippen LogP contribution is 2.23. The predicted molar refractivity (Wildman–Crippen MR) is 101 cm³/mol. The Bertz CT molecular complexity index is 878. The van der Waals surface area contributed by atoms with Gasteiger partial charge in [0.25, 0.3) is 10.0 Å². The van der Waals surface area contributed by atoms with E-state index in [4.69, 9.17) is 11.6 Å². The normalized spacial score (nSPS) is 13.5. The molecule has 2 rings (SSSR count). The van der Waals surface area contributed by atoms with Gasteiger partial charge in [-0.1, -0.05) is 37.6 Å². The Balaban J connectivity index is 2.22. The first-order chi connectivity index (χ1) is 11.7. The van der Waals surface area contributed by atoms with Gasteiger partial charge in [-0.2, -0.15) is 18.4 Å². The molecule has 5 nitrogen and oxygen atoms in total. The van der Waals surface area contributed by atoms with Gasteiger partial charge in [0.1, 0.15) is 5.75 Å². The maximum absolute atomic E-state index is 12.4. The summed E-state index contributed by atoms with van der Waals surface area (Å²) in [5, 5.41) is 14.1. The Morgan fingerprint density at radius 1 is 1.24 bits per heavy atom. The van der Waals surface area contributed by atoms with Gasteiger partial charge in [-0.25, -0.2) is 0 Å². The molecule has 7 heteroatoms. The maximum Gasteiger partial charge on any atom is 0.276 e. The number of nitrogens with zero attached hydrogens (tertiary/aromatic N) is 1. The number of halogens is 1. The third-order valence-electron chi connectivity index (χ3n) is 4.05.